The molecule has 1 aliphatic heterocycles. The van der Waals surface area contributed by atoms with Crippen molar-refractivity contribution in [3.05, 3.63) is 42.6 Å². The predicted molar refractivity (Wildman–Crippen MR) is 174 cm³/mol. The Balaban J connectivity index is 1.47. The molecular weight excluding hydrogens is 604 g/mol. The van der Waals surface area contributed by atoms with E-state index in [1.54, 1.807) is 48.7 Å². The quantitative estimate of drug-likeness (QED) is 0.314. The Labute approximate surface area is 275 Å². The first-order valence-corrected chi connectivity index (χ1v) is 16.1. The van der Waals surface area contributed by atoms with Crippen LogP contribution in [0.25, 0.3) is 10.9 Å². The number of benzene rings is 1. The van der Waals surface area contributed by atoms with Crippen LogP contribution in [-0.2, 0) is 19.1 Å². The van der Waals surface area contributed by atoms with Crippen molar-refractivity contribution in [2.45, 2.75) is 102 Å². The number of carbonyl (C=O) groups excluding carboxylic acids is 3. The van der Waals surface area contributed by atoms with Crippen LogP contribution in [0.4, 0.5) is 4.79 Å². The van der Waals surface area contributed by atoms with Crippen molar-refractivity contribution in [2.75, 3.05) is 13.7 Å². The number of carboxylic acids is 1. The van der Waals surface area contributed by atoms with E-state index in [2.05, 4.69) is 17.2 Å². The average molecular weight is 651 g/mol. The summed E-state index contributed by atoms with van der Waals surface area (Å²) in [5.74, 6) is -1.13. The normalized spacial score (nSPS) is 24.7. The van der Waals surface area contributed by atoms with E-state index in [0.29, 0.717) is 22.9 Å². The van der Waals surface area contributed by atoms with Crippen molar-refractivity contribution in [3.8, 4) is 11.5 Å². The van der Waals surface area contributed by atoms with Crippen LogP contribution >= 0.6 is 0 Å². The Kier molecular flexibility index (Phi) is 8.93. The summed E-state index contributed by atoms with van der Waals surface area (Å²) in [6.07, 6.45) is 2.51. The summed E-state index contributed by atoms with van der Waals surface area (Å²) < 4.78 is 17.5. The highest BCUT2D eigenvalue weighted by Crippen LogP contribution is 2.45. The first-order valence-electron chi connectivity index (χ1n) is 16.1. The molecule has 3 amide bonds. The van der Waals surface area contributed by atoms with Crippen LogP contribution in [0.5, 0.6) is 11.5 Å². The second-order valence-corrected chi connectivity index (χ2v) is 14.9. The lowest BCUT2D eigenvalue weighted by Gasteiger charge is -2.35. The summed E-state index contributed by atoms with van der Waals surface area (Å²) in [5.41, 5.74) is -1.42. The van der Waals surface area contributed by atoms with Crippen LogP contribution in [0, 0.1) is 11.3 Å². The number of nitrogens with zero attached hydrogens (tertiary/aromatic N) is 2. The van der Waals surface area contributed by atoms with Crippen LogP contribution in [0.2, 0.25) is 0 Å². The molecule has 3 aliphatic rings. The Morgan fingerprint density at radius 2 is 1.83 bits per heavy atom. The molecule has 3 N–H and O–H groups in total. The monoisotopic (exact) mass is 650 g/mol. The van der Waals surface area contributed by atoms with Gasteiger partial charge in [-0.3, -0.25) is 14.6 Å². The molecule has 5 atom stereocenters. The summed E-state index contributed by atoms with van der Waals surface area (Å²) in [6.45, 7) is 14.3. The van der Waals surface area contributed by atoms with E-state index in [-0.39, 0.29) is 19.4 Å². The predicted octanol–water partition coefficient (Wildman–Crippen LogP) is 4.55. The van der Waals surface area contributed by atoms with Crippen molar-refractivity contribution in [3.63, 3.8) is 0 Å². The van der Waals surface area contributed by atoms with Crippen molar-refractivity contribution in [2.24, 2.45) is 11.3 Å². The van der Waals surface area contributed by atoms with Gasteiger partial charge in [-0.05, 0) is 57.6 Å². The lowest BCUT2D eigenvalue weighted by Crippen LogP contribution is -2.59. The molecule has 0 spiro atoms. The zero-order chi connectivity index (χ0) is 34.5. The average Bonchev–Trinajstić information content (AvgIpc) is 3.90. The number of nitrogens with one attached hydrogen (secondary N) is 2. The number of alkyl carbamates (subject to hydrolysis) is 1. The van der Waals surface area contributed by atoms with Gasteiger partial charge >= 0.3 is 12.1 Å². The third kappa shape index (κ3) is 7.31. The molecule has 254 valence electrons. The highest BCUT2D eigenvalue weighted by atomic mass is 16.6. The fourth-order valence-electron chi connectivity index (χ4n) is 6.12. The number of likely N-dealkylation sites (tertiary alicyclic amines) is 1. The molecule has 2 aromatic rings. The number of methoxy groups -OCH3 is 1. The molecule has 0 bridgehead atoms. The molecule has 12 nitrogen and oxygen atoms in total. The van der Waals surface area contributed by atoms with Gasteiger partial charge in [-0.25, -0.2) is 9.59 Å². The second kappa shape index (κ2) is 12.4. The van der Waals surface area contributed by atoms with Crippen LogP contribution in [0.3, 0.4) is 0 Å². The van der Waals surface area contributed by atoms with E-state index in [1.165, 1.54) is 11.0 Å². The number of amides is 3. The largest absolute Gasteiger partial charge is 0.497 e. The molecule has 47 heavy (non-hydrogen) atoms. The highest BCUT2D eigenvalue weighted by Gasteiger charge is 2.61. The molecule has 0 unspecified atom stereocenters. The minimum atomic E-state index is -1.48. The highest BCUT2D eigenvalue weighted by molar-refractivity contribution is 5.96. The van der Waals surface area contributed by atoms with Crippen molar-refractivity contribution >= 4 is 34.8 Å². The Morgan fingerprint density at radius 1 is 1.13 bits per heavy atom. The molecule has 1 aromatic heterocycles. The number of aliphatic carboxylic acids is 1. The molecule has 1 aromatic carbocycles. The number of ether oxygens (including phenoxy) is 3. The van der Waals surface area contributed by atoms with Gasteiger partial charge < -0.3 is 34.9 Å². The Bertz CT molecular complexity index is 1590. The van der Waals surface area contributed by atoms with Gasteiger partial charge in [-0.2, -0.15) is 0 Å². The van der Waals surface area contributed by atoms with E-state index in [4.69, 9.17) is 19.2 Å². The molecule has 2 heterocycles. The maximum absolute atomic E-state index is 14.3. The third-order valence-electron chi connectivity index (χ3n) is 8.94. The van der Waals surface area contributed by atoms with Crippen molar-refractivity contribution < 1.29 is 38.5 Å². The fraction of sp³-hybridized carbons (Fsp3) is 0.571. The van der Waals surface area contributed by atoms with Gasteiger partial charge in [0.15, 0.2) is 0 Å². The van der Waals surface area contributed by atoms with Gasteiger partial charge in [0.2, 0.25) is 11.8 Å². The molecule has 2 saturated carbocycles. The van der Waals surface area contributed by atoms with Gasteiger partial charge in [0.25, 0.3) is 0 Å². The van der Waals surface area contributed by atoms with Gasteiger partial charge in [-0.1, -0.05) is 26.8 Å². The zero-order valence-electron chi connectivity index (χ0n) is 28.2. The van der Waals surface area contributed by atoms with Gasteiger partial charge in [0, 0.05) is 41.5 Å². The molecule has 12 heteroatoms. The summed E-state index contributed by atoms with van der Waals surface area (Å²) in [7, 11) is 1.59. The number of carboxylic acid groups (broad SMARTS) is 1. The van der Waals surface area contributed by atoms with E-state index < -0.39 is 64.5 Å². The molecule has 2 aliphatic carbocycles. The van der Waals surface area contributed by atoms with Gasteiger partial charge in [-0.15, -0.1) is 6.58 Å². The number of hydrogen-bond acceptors (Lipinski definition) is 8. The summed E-state index contributed by atoms with van der Waals surface area (Å²) in [5, 5.41) is 16.2. The van der Waals surface area contributed by atoms with Gasteiger partial charge in [0.1, 0.15) is 40.8 Å². The van der Waals surface area contributed by atoms with Crippen LogP contribution in [-0.4, -0.2) is 81.8 Å². The maximum Gasteiger partial charge on any atom is 0.408 e. The molecule has 1 saturated heterocycles. The van der Waals surface area contributed by atoms with Crippen LogP contribution < -0.4 is 20.1 Å². The minimum absolute atomic E-state index is 0.0309. The molecule has 5 rings (SSSR count). The van der Waals surface area contributed by atoms with E-state index in [1.807, 2.05) is 24.3 Å². The van der Waals surface area contributed by atoms with Crippen molar-refractivity contribution in [1.29, 1.82) is 0 Å². The molecule has 0 radical (unpaired) electrons. The minimum Gasteiger partial charge on any atom is -0.497 e. The molecule has 3 fully saturated rings. The summed E-state index contributed by atoms with van der Waals surface area (Å²) in [4.78, 5) is 59.6. The Morgan fingerprint density at radius 3 is 2.38 bits per heavy atom. The maximum atomic E-state index is 14.3. The zero-order valence-corrected chi connectivity index (χ0v) is 28.2. The standard InChI is InChI=1S/C35H46N4O8/c1-9-20-17-35(20,31(42)43)38-29(40)26-15-22(18-39(26)30(41)28(33(2,3)4)37-32(44)47-34(5,6)7)46-27-16-24(19-10-11-19)36-25-14-21(45-8)12-13-23(25)27/h9,12-14,16,19-20,22,26,28H,1,10-11,15,17-18H2,2-8H3,(H,37,44)(H,38,40)(H,42,43)/t20-,22-,26+,28-,35-/m1/s1. The lowest BCUT2D eigenvalue weighted by atomic mass is 9.85. The van der Waals surface area contributed by atoms with Crippen LogP contribution in [0.15, 0.2) is 36.9 Å². The summed E-state index contributed by atoms with van der Waals surface area (Å²) >= 11 is 0. The second-order valence-electron chi connectivity index (χ2n) is 14.9. The number of pyridine rings is 1. The number of carbonyl (C=O) groups is 4. The topological polar surface area (TPSA) is 156 Å². The fourth-order valence-corrected chi connectivity index (χ4v) is 6.12. The SMILES string of the molecule is C=C[C@@H]1C[C@]1(NC(=O)[C@@H]1C[C@@H](Oc2cc(C3CC3)nc3cc(OC)ccc23)CN1C(=O)[C@@H](NC(=O)OC(C)(C)C)C(C)(C)C)C(=O)O. The number of hydrogen-bond donors (Lipinski definition) is 3. The van der Waals surface area contributed by atoms with E-state index in [9.17, 15) is 24.3 Å². The number of rotatable bonds is 10. The van der Waals surface area contributed by atoms with Gasteiger partial charge in [0.05, 0.1) is 19.2 Å². The first kappa shape index (κ1) is 34.0. The first-order chi connectivity index (χ1) is 22.0. The van der Waals surface area contributed by atoms with E-state index >= 15 is 0 Å². The van der Waals surface area contributed by atoms with E-state index in [0.717, 1.165) is 23.9 Å². The van der Waals surface area contributed by atoms with Crippen molar-refractivity contribution in [1.82, 2.24) is 20.5 Å². The smallest absolute Gasteiger partial charge is 0.408 e. The lowest BCUT2D eigenvalue weighted by molar-refractivity contribution is -0.146. The molecular formula is C35H46N4O8. The number of aromatic nitrogens is 1. The Hall–Kier alpha value is -4.35. The number of fused-ring (bicyclic) bond motifs is 1. The van der Waals surface area contributed by atoms with Crippen LogP contribution in [0.1, 0.15) is 78.8 Å². The third-order valence-corrected chi connectivity index (χ3v) is 8.94. The summed E-state index contributed by atoms with van der Waals surface area (Å²) in [6, 6.07) is 5.35.